The molecule has 0 aromatic carbocycles. The number of phosphoric ester groups is 2. The van der Waals surface area contributed by atoms with Gasteiger partial charge in [0.2, 0.25) is 0 Å². The van der Waals surface area contributed by atoms with Gasteiger partial charge in [0.15, 0.2) is 0 Å². The molecule has 34 heavy (non-hydrogen) atoms. The largest absolute Gasteiger partial charge is 0.779 e. The summed E-state index contributed by atoms with van der Waals surface area (Å²) >= 11 is 0. The van der Waals surface area contributed by atoms with Gasteiger partial charge < -0.3 is 51.3 Å². The fourth-order valence-electron chi connectivity index (χ4n) is 1.82. The Bertz CT molecular complexity index is 660. The van der Waals surface area contributed by atoms with Crippen molar-refractivity contribution in [2.24, 2.45) is 11.8 Å². The highest BCUT2D eigenvalue weighted by Gasteiger charge is 2.19. The quantitative estimate of drug-likeness (QED) is 0.172. The van der Waals surface area contributed by atoms with E-state index in [1.807, 2.05) is 0 Å². The molecule has 14 nitrogen and oxygen atoms in total. The first-order valence-electron chi connectivity index (χ1n) is 9.56. The van der Waals surface area contributed by atoms with Crippen molar-refractivity contribution in [3.05, 3.63) is 0 Å². The Hall–Kier alpha value is 0.520. The summed E-state index contributed by atoms with van der Waals surface area (Å²) in [7, 11) is -17.3. The predicted octanol–water partition coefficient (Wildman–Crippen LogP) is 2.35. The van der Waals surface area contributed by atoms with Crippen molar-refractivity contribution in [2.75, 3.05) is 53.0 Å². The van der Waals surface area contributed by atoms with Gasteiger partial charge in [-0.25, -0.2) is 0 Å². The van der Waals surface area contributed by atoms with Crippen molar-refractivity contribution in [3.63, 3.8) is 0 Å². The van der Waals surface area contributed by atoms with E-state index >= 15 is 0 Å². The summed E-state index contributed by atoms with van der Waals surface area (Å²) in [5.74, 6) is -1.02. The molecule has 0 aliphatic carbocycles. The molecule has 1 N–H and O–H groups in total. The van der Waals surface area contributed by atoms with Gasteiger partial charge in [-0.15, -0.1) is 0 Å². The third-order valence-electron chi connectivity index (χ3n) is 3.77. The maximum Gasteiger partial charge on any atom is 0.325 e. The zero-order chi connectivity index (χ0) is 25.1. The van der Waals surface area contributed by atoms with Crippen LogP contribution >= 0.6 is 30.8 Å². The Morgan fingerprint density at radius 3 is 1.26 bits per heavy atom. The summed E-state index contributed by atoms with van der Waals surface area (Å²) in [6.45, 7) is 2.68. The molecule has 0 bridgehead atoms. The molecule has 0 fully saturated rings. The van der Waals surface area contributed by atoms with Gasteiger partial charge in [0.05, 0.1) is 39.6 Å². The second-order valence-corrected chi connectivity index (χ2v) is 13.4. The lowest BCUT2D eigenvalue weighted by atomic mass is 10.1. The molecule has 0 radical (unpaired) electrons. The second kappa shape index (κ2) is 17.9. The van der Waals surface area contributed by atoms with Crippen LogP contribution in [0, 0.1) is 11.8 Å². The molecule has 0 aliphatic rings. The summed E-state index contributed by atoms with van der Waals surface area (Å²) in [4.78, 5) is 43.5. The van der Waals surface area contributed by atoms with Crippen molar-refractivity contribution in [2.45, 2.75) is 41.5 Å². The van der Waals surface area contributed by atoms with Gasteiger partial charge >= 0.3 is 7.60 Å². The molecule has 0 amide bonds. The minimum atomic E-state index is -4.80. The molecule has 18 heteroatoms. The van der Waals surface area contributed by atoms with Gasteiger partial charge in [0, 0.05) is 25.2 Å². The molecule has 0 aromatic heterocycles. The van der Waals surface area contributed by atoms with Gasteiger partial charge in [-0.2, -0.15) is 0 Å². The Morgan fingerprint density at radius 1 is 0.647 bits per heavy atom. The second-order valence-electron chi connectivity index (χ2n) is 6.87. The first kappa shape index (κ1) is 39.0. The zero-order valence-electron chi connectivity index (χ0n) is 18.4. The lowest BCUT2D eigenvalue weighted by Crippen LogP contribution is -2.20. The van der Waals surface area contributed by atoms with Crippen molar-refractivity contribution in [1.82, 2.24) is 0 Å². The first-order valence-corrected chi connectivity index (χ1v) is 16.5. The van der Waals surface area contributed by atoms with Crippen LogP contribution in [0.5, 0.6) is 0 Å². The molecule has 210 valence electrons. The van der Waals surface area contributed by atoms with Crippen molar-refractivity contribution in [1.29, 1.82) is 0 Å². The molecule has 0 heterocycles. The van der Waals surface area contributed by atoms with Crippen LogP contribution in [0.3, 0.4) is 0 Å². The average molecular weight is 579 g/mol. The lowest BCUT2D eigenvalue weighted by Gasteiger charge is -2.28. The minimum Gasteiger partial charge on any atom is -0.779 e. The van der Waals surface area contributed by atoms with E-state index in [0.29, 0.717) is 12.8 Å². The van der Waals surface area contributed by atoms with Crippen LogP contribution < -0.4 is 14.7 Å². The van der Waals surface area contributed by atoms with Gasteiger partial charge in [0.25, 0.3) is 15.6 Å². The summed E-state index contributed by atoms with van der Waals surface area (Å²) in [6, 6.07) is 0. The highest BCUT2D eigenvalue weighted by molar-refractivity contribution is 7.51. The number of hydrogen-bond acceptors (Lipinski definition) is 13. The van der Waals surface area contributed by atoms with E-state index in [-0.39, 0.29) is 41.3 Å². The van der Waals surface area contributed by atoms with E-state index in [2.05, 4.69) is 22.6 Å². The Labute approximate surface area is 202 Å². The van der Waals surface area contributed by atoms with Crippen LogP contribution in [0.25, 0.3) is 0 Å². The van der Waals surface area contributed by atoms with E-state index in [9.17, 15) is 32.9 Å². The third-order valence-corrected chi connectivity index (χ3v) is 6.94. The number of phosphoric acid groups is 2. The summed E-state index contributed by atoms with van der Waals surface area (Å²) in [5.41, 5.74) is 0. The van der Waals surface area contributed by atoms with Gasteiger partial charge in [-0.05, 0) is 12.8 Å². The Morgan fingerprint density at radius 2 is 0.971 bits per heavy atom. The normalized spacial score (nSPS) is 20.4. The molecular formula is C16H39O14P4-3. The molecule has 0 rings (SSSR count). The third kappa shape index (κ3) is 23.0. The molecule has 6 unspecified atom stereocenters. The van der Waals surface area contributed by atoms with Crippen LogP contribution in [-0.4, -0.2) is 57.9 Å². The fraction of sp³-hybridized carbons (Fsp3) is 1.00. The standard InChI is InChI=1S/C14H34O14P4.2CH4/c1-5-13(9-25-29(3,15)16)11-27-31(19,20)23-7-8-24-32(21,22)28-12-14(6-2)10-26-30(4,17)18;;/h13-14H,5-12H2,1-4H3,(H,15,16)(H,17,18)(H,19,20)(H,21,22);2*1H4/p-3. The highest BCUT2D eigenvalue weighted by Crippen LogP contribution is 2.42. The molecule has 0 saturated heterocycles. The topological polar surface area (TPSA) is 213 Å². The van der Waals surface area contributed by atoms with Crippen LogP contribution in [-0.2, 0) is 45.4 Å². The van der Waals surface area contributed by atoms with Gasteiger partial charge in [-0.1, -0.05) is 28.7 Å². The monoisotopic (exact) mass is 579 g/mol. The van der Waals surface area contributed by atoms with Gasteiger partial charge in [0.1, 0.15) is 7.60 Å². The molecule has 0 aromatic rings. The van der Waals surface area contributed by atoms with Crippen molar-refractivity contribution in [3.8, 4) is 0 Å². The average Bonchev–Trinajstić information content (AvgIpc) is 2.64. The van der Waals surface area contributed by atoms with Crippen LogP contribution in [0.2, 0.25) is 0 Å². The molecule has 0 saturated carbocycles. The molecular weight excluding hydrogens is 540 g/mol. The smallest absolute Gasteiger partial charge is 0.325 e. The highest BCUT2D eigenvalue weighted by atomic mass is 31.2. The maximum absolute atomic E-state index is 11.7. The minimum absolute atomic E-state index is 0. The summed E-state index contributed by atoms with van der Waals surface area (Å²) in [5, 5.41) is 0. The van der Waals surface area contributed by atoms with Crippen LogP contribution in [0.15, 0.2) is 0 Å². The van der Waals surface area contributed by atoms with Crippen LogP contribution in [0.4, 0.5) is 0 Å². The van der Waals surface area contributed by atoms with E-state index in [1.54, 1.807) is 13.8 Å². The summed E-state index contributed by atoms with van der Waals surface area (Å²) < 4.78 is 73.2. The molecule has 6 atom stereocenters. The Balaban J connectivity index is -0.00000480. The first-order chi connectivity index (χ1) is 14.5. The summed E-state index contributed by atoms with van der Waals surface area (Å²) in [6.07, 6.45) is 0.770. The fourth-order valence-corrected chi connectivity index (χ4v) is 4.32. The maximum atomic E-state index is 11.7. The van der Waals surface area contributed by atoms with E-state index in [4.69, 9.17) is 9.42 Å². The molecule has 0 spiro atoms. The van der Waals surface area contributed by atoms with Crippen molar-refractivity contribution >= 4 is 30.8 Å². The molecule has 0 aliphatic heterocycles. The van der Waals surface area contributed by atoms with Crippen molar-refractivity contribution < 1.29 is 65.0 Å². The Kier molecular flexibility index (Phi) is 20.5. The van der Waals surface area contributed by atoms with E-state index in [0.717, 1.165) is 13.3 Å². The predicted molar refractivity (Wildman–Crippen MR) is 121 cm³/mol. The number of rotatable bonds is 19. The van der Waals surface area contributed by atoms with E-state index < -0.39 is 55.9 Å². The number of hydrogen-bond donors (Lipinski definition) is 1. The van der Waals surface area contributed by atoms with E-state index in [1.165, 1.54) is 0 Å². The SMILES string of the molecule is C.C.CCC(COP(C)(=O)[O-])COP(=O)([O-])OCCOP(=O)([O-])OCC(CC)COP(C)(=O)O. The van der Waals surface area contributed by atoms with Gasteiger partial charge in [-0.3, -0.25) is 13.7 Å². The zero-order valence-corrected chi connectivity index (χ0v) is 21.9. The lowest BCUT2D eigenvalue weighted by molar-refractivity contribution is -0.234. The van der Waals surface area contributed by atoms with Crippen LogP contribution in [0.1, 0.15) is 41.5 Å².